The van der Waals surface area contributed by atoms with Crippen LogP contribution in [-0.4, -0.2) is 37.5 Å². The SMILES string of the molecule is CCc1c(S(=O)(=O)[O-])ccc(C)c1Nc1ccc(Nc2c(C)ccc(S(=O)(=O)[O-])c2CC)c2c1C(=O)c1ccccc1C2=O.[Na+].[Na+]. The standard InChI is InChI=1S/C32H30N2O8S2.2Na/c1-5-19-25(43(37,38)39)15-11-17(3)29(19)33-23-13-14-24(28-27(23)31(35)21-9-7-8-10-22(21)32(28)36)34-30-18(4)12-16-26(20(30)6-2)44(40,41)42;;/h7-16,33-34H,5-6H2,1-4H3,(H,37,38,39)(H,40,41,42);;/q;2*+1/p-2. The third-order valence-electron chi connectivity index (χ3n) is 7.80. The molecule has 2 N–H and O–H groups in total. The largest absolute Gasteiger partial charge is 1.00 e. The van der Waals surface area contributed by atoms with Crippen molar-refractivity contribution in [2.24, 2.45) is 0 Å². The van der Waals surface area contributed by atoms with Crippen LogP contribution in [0.1, 0.15) is 67.9 Å². The fraction of sp³-hybridized carbons (Fsp3) is 0.188. The molecule has 0 aliphatic heterocycles. The molecule has 0 aromatic heterocycles. The summed E-state index contributed by atoms with van der Waals surface area (Å²) in [4.78, 5) is 27.3. The Labute approximate surface area is 312 Å². The average molecular weight is 679 g/mol. The molecule has 10 nitrogen and oxygen atoms in total. The van der Waals surface area contributed by atoms with E-state index >= 15 is 0 Å². The van der Waals surface area contributed by atoms with Crippen LogP contribution in [-0.2, 0) is 33.1 Å². The van der Waals surface area contributed by atoms with Gasteiger partial charge in [0.1, 0.15) is 20.2 Å². The first-order valence-electron chi connectivity index (χ1n) is 13.7. The summed E-state index contributed by atoms with van der Waals surface area (Å²) in [7, 11) is -9.61. The number of nitrogens with one attached hydrogen (secondary N) is 2. The third kappa shape index (κ3) is 6.93. The minimum absolute atomic E-state index is 0. The van der Waals surface area contributed by atoms with Gasteiger partial charge in [-0.1, -0.05) is 50.2 Å². The topological polar surface area (TPSA) is 173 Å². The van der Waals surface area contributed by atoms with E-state index in [2.05, 4.69) is 10.6 Å². The minimum atomic E-state index is -4.81. The minimum Gasteiger partial charge on any atom is -0.744 e. The number of carbonyl (C=O) groups is 2. The Bertz CT molecular complexity index is 1970. The van der Waals surface area contributed by atoms with Crippen molar-refractivity contribution in [3.8, 4) is 0 Å². The van der Waals surface area contributed by atoms with Gasteiger partial charge >= 0.3 is 59.1 Å². The fourth-order valence-corrected chi connectivity index (χ4v) is 7.28. The van der Waals surface area contributed by atoms with Crippen LogP contribution in [0.15, 0.2) is 70.5 Å². The predicted octanol–water partition coefficient (Wildman–Crippen LogP) is -0.493. The number of aryl methyl sites for hydroxylation is 2. The second kappa shape index (κ2) is 14.4. The molecule has 0 bridgehead atoms. The van der Waals surface area contributed by atoms with Gasteiger partial charge in [-0.15, -0.1) is 0 Å². The van der Waals surface area contributed by atoms with Crippen LogP contribution in [0.5, 0.6) is 0 Å². The zero-order valence-corrected chi connectivity index (χ0v) is 31.9. The molecule has 46 heavy (non-hydrogen) atoms. The van der Waals surface area contributed by atoms with Crippen LogP contribution in [0.3, 0.4) is 0 Å². The van der Waals surface area contributed by atoms with E-state index in [0.29, 0.717) is 22.5 Å². The van der Waals surface area contributed by atoms with Crippen LogP contribution in [0.2, 0.25) is 0 Å². The maximum Gasteiger partial charge on any atom is 1.00 e. The van der Waals surface area contributed by atoms with Gasteiger partial charge in [0, 0.05) is 22.5 Å². The molecule has 4 aromatic carbocycles. The molecule has 0 saturated carbocycles. The molecule has 1 aliphatic carbocycles. The molecule has 0 unspecified atom stereocenters. The number of benzene rings is 4. The molecule has 0 amide bonds. The van der Waals surface area contributed by atoms with Crippen molar-refractivity contribution in [3.05, 3.63) is 105 Å². The molecule has 0 heterocycles. The molecule has 14 heteroatoms. The van der Waals surface area contributed by atoms with Gasteiger partial charge in [-0.05, 0) is 73.2 Å². The Balaban J connectivity index is 0.00000288. The molecule has 1 aliphatic rings. The van der Waals surface area contributed by atoms with Gasteiger partial charge in [-0.2, -0.15) is 0 Å². The van der Waals surface area contributed by atoms with Gasteiger partial charge in [0.15, 0.2) is 11.6 Å². The molecule has 0 saturated heterocycles. The summed E-state index contributed by atoms with van der Waals surface area (Å²) in [5.74, 6) is -0.930. The van der Waals surface area contributed by atoms with Crippen LogP contribution in [0.25, 0.3) is 0 Å². The van der Waals surface area contributed by atoms with Gasteiger partial charge < -0.3 is 19.7 Å². The maximum absolute atomic E-state index is 14.0. The number of ketones is 2. The quantitative estimate of drug-likeness (QED) is 0.161. The zero-order valence-electron chi connectivity index (χ0n) is 26.3. The van der Waals surface area contributed by atoms with Crippen LogP contribution >= 0.6 is 0 Å². The van der Waals surface area contributed by atoms with E-state index in [-0.39, 0.29) is 127 Å². The van der Waals surface area contributed by atoms with Crippen LogP contribution in [0, 0.1) is 13.8 Å². The summed E-state index contributed by atoms with van der Waals surface area (Å²) in [6.45, 7) is 6.84. The van der Waals surface area contributed by atoms with Crippen LogP contribution in [0.4, 0.5) is 22.7 Å². The Morgan fingerprint density at radius 3 is 1.24 bits per heavy atom. The second-order valence-corrected chi connectivity index (χ2v) is 13.1. The fourth-order valence-electron chi connectivity index (χ4n) is 5.71. The smallest absolute Gasteiger partial charge is 0.744 e. The summed E-state index contributed by atoms with van der Waals surface area (Å²) in [6.07, 6.45) is 0.382. The molecule has 0 radical (unpaired) electrons. The van der Waals surface area contributed by atoms with Gasteiger partial charge in [0.2, 0.25) is 0 Å². The molecule has 228 valence electrons. The van der Waals surface area contributed by atoms with E-state index < -0.39 is 31.8 Å². The first kappa shape index (κ1) is 38.1. The molecule has 0 spiro atoms. The summed E-state index contributed by atoms with van der Waals surface area (Å²) in [6, 6.07) is 14.9. The first-order valence-corrected chi connectivity index (χ1v) is 16.6. The average Bonchev–Trinajstić information content (AvgIpc) is 2.96. The van der Waals surface area contributed by atoms with Crippen molar-refractivity contribution in [3.63, 3.8) is 0 Å². The van der Waals surface area contributed by atoms with Crippen molar-refractivity contribution in [2.45, 2.75) is 50.3 Å². The van der Waals surface area contributed by atoms with E-state index in [9.17, 15) is 35.5 Å². The molecule has 4 aromatic rings. The Hall–Kier alpha value is -2.36. The maximum atomic E-state index is 14.0. The summed E-state index contributed by atoms with van der Waals surface area (Å²) in [5, 5.41) is 6.29. The van der Waals surface area contributed by atoms with Gasteiger partial charge in [0.05, 0.1) is 32.3 Å². The van der Waals surface area contributed by atoms with E-state index in [4.69, 9.17) is 0 Å². The summed E-state index contributed by atoms with van der Waals surface area (Å²) >= 11 is 0. The van der Waals surface area contributed by atoms with Crippen LogP contribution < -0.4 is 69.7 Å². The van der Waals surface area contributed by atoms with E-state index in [1.165, 1.54) is 36.4 Å². The monoisotopic (exact) mass is 678 g/mol. The third-order valence-corrected chi connectivity index (χ3v) is 9.64. The summed E-state index contributed by atoms with van der Waals surface area (Å²) in [5.41, 5.74) is 3.15. The van der Waals surface area contributed by atoms with E-state index in [1.54, 1.807) is 52.0 Å². The Morgan fingerprint density at radius 2 is 0.935 bits per heavy atom. The van der Waals surface area contributed by atoms with Gasteiger partial charge in [-0.3, -0.25) is 9.59 Å². The Kier molecular flexibility index (Phi) is 11.9. The number of hydrogen-bond donors (Lipinski definition) is 2. The number of anilines is 4. The molecular weight excluding hydrogens is 650 g/mol. The number of fused-ring (bicyclic) bond motifs is 2. The number of hydrogen-bond acceptors (Lipinski definition) is 10. The summed E-state index contributed by atoms with van der Waals surface area (Å²) < 4.78 is 72.2. The van der Waals surface area contributed by atoms with E-state index in [0.717, 1.165) is 0 Å². The van der Waals surface area contributed by atoms with Gasteiger partial charge in [0.25, 0.3) is 0 Å². The molecule has 0 atom stereocenters. The molecule has 0 fully saturated rings. The molecule has 5 rings (SSSR count). The number of rotatable bonds is 8. The normalized spacial score (nSPS) is 12.4. The molecular formula is C32H28N2Na2O8S2. The van der Waals surface area contributed by atoms with Crippen molar-refractivity contribution in [2.75, 3.05) is 10.6 Å². The van der Waals surface area contributed by atoms with Crippen molar-refractivity contribution >= 4 is 54.6 Å². The van der Waals surface area contributed by atoms with Gasteiger partial charge in [-0.25, -0.2) is 16.8 Å². The predicted molar refractivity (Wildman–Crippen MR) is 163 cm³/mol. The van der Waals surface area contributed by atoms with E-state index in [1.807, 2.05) is 0 Å². The zero-order chi connectivity index (χ0) is 32.1. The van der Waals surface area contributed by atoms with Crippen molar-refractivity contribution in [1.29, 1.82) is 0 Å². The first-order chi connectivity index (χ1) is 20.7. The Morgan fingerprint density at radius 1 is 0.587 bits per heavy atom. The number of carbonyl (C=O) groups excluding carboxylic acids is 2. The van der Waals surface area contributed by atoms with Crippen molar-refractivity contribution < 1.29 is 94.6 Å². The van der Waals surface area contributed by atoms with Crippen molar-refractivity contribution in [1.82, 2.24) is 0 Å². The second-order valence-electron chi connectivity index (χ2n) is 10.4.